The highest BCUT2D eigenvalue weighted by Gasteiger charge is 2.52. The van der Waals surface area contributed by atoms with E-state index in [0.717, 1.165) is 28.5 Å². The number of benzene rings is 2. The first-order valence-electron chi connectivity index (χ1n) is 10.9. The third-order valence-electron chi connectivity index (χ3n) is 5.91. The molecule has 1 amide bonds. The molecule has 0 radical (unpaired) electrons. The molecule has 0 unspecified atom stereocenters. The Labute approximate surface area is 197 Å². The second-order valence-electron chi connectivity index (χ2n) is 8.30. The molecule has 6 heteroatoms. The van der Waals surface area contributed by atoms with Crippen molar-refractivity contribution in [3.63, 3.8) is 0 Å². The van der Waals surface area contributed by atoms with E-state index in [-0.39, 0.29) is 35.2 Å². The second kappa shape index (κ2) is 10.1. The first kappa shape index (κ1) is 22.9. The van der Waals surface area contributed by atoms with Crippen molar-refractivity contribution in [3.8, 4) is 0 Å². The Kier molecular flexibility index (Phi) is 7.04. The normalized spacial score (nSPS) is 19.9. The molecule has 0 N–H and O–H groups in total. The van der Waals surface area contributed by atoms with Crippen LogP contribution in [0.2, 0.25) is 0 Å². The van der Waals surface area contributed by atoms with E-state index in [1.165, 1.54) is 6.92 Å². The lowest BCUT2D eigenvalue weighted by Gasteiger charge is -2.50. The van der Waals surface area contributed by atoms with Crippen LogP contribution >= 0.6 is 11.8 Å². The van der Waals surface area contributed by atoms with Crippen molar-refractivity contribution in [1.82, 2.24) is 4.90 Å². The number of ketones is 2. The van der Waals surface area contributed by atoms with Crippen LogP contribution in [0.3, 0.4) is 0 Å². The van der Waals surface area contributed by atoms with Crippen molar-refractivity contribution in [2.45, 2.75) is 31.6 Å². The molecule has 168 valence electrons. The topological polar surface area (TPSA) is 71.5 Å². The molecule has 1 fully saturated rings. The standard InChI is InChI=1S/C27H25NO4S/c1-18(30)25-22(12-11-19-7-9-20(10-8-19)13-14-29)17-33-27-24(26(32)28(25)27)16-23(31)15-21-5-3-2-4-6-21/h2-12,14,24,27H,13,15-17H2,1H3/t24-,27-/m1/s1. The molecule has 0 saturated carbocycles. The summed E-state index contributed by atoms with van der Waals surface area (Å²) in [6, 6.07) is 17.2. The number of fused-ring (bicyclic) bond motifs is 1. The minimum absolute atomic E-state index is 0.0388. The Balaban J connectivity index is 1.46. The fraction of sp³-hybridized carbons (Fsp3) is 0.259. The van der Waals surface area contributed by atoms with Gasteiger partial charge in [0.2, 0.25) is 5.91 Å². The molecule has 5 nitrogen and oxygen atoms in total. The Hall–Kier alpha value is -3.25. The average Bonchev–Trinajstić information content (AvgIpc) is 2.82. The number of nitrogens with zero attached hydrogens (tertiary/aromatic N) is 1. The fourth-order valence-corrected chi connectivity index (χ4v) is 5.65. The highest BCUT2D eigenvalue weighted by atomic mass is 32.2. The van der Waals surface area contributed by atoms with Crippen molar-refractivity contribution >= 4 is 41.6 Å². The number of thioether (sulfide) groups is 1. The smallest absolute Gasteiger partial charge is 0.234 e. The Morgan fingerprint density at radius 2 is 1.76 bits per heavy atom. The van der Waals surface area contributed by atoms with Crippen molar-refractivity contribution in [3.05, 3.63) is 88.6 Å². The van der Waals surface area contributed by atoms with Crippen LogP contribution in [0.5, 0.6) is 0 Å². The molecule has 2 atom stereocenters. The summed E-state index contributed by atoms with van der Waals surface area (Å²) in [5, 5.41) is -0.170. The molecule has 2 aromatic carbocycles. The number of Topliss-reactive ketones (excluding diaryl/α,β-unsaturated/α-hetero) is 2. The minimum Gasteiger partial charge on any atom is -0.303 e. The molecule has 0 aromatic heterocycles. The summed E-state index contributed by atoms with van der Waals surface area (Å²) < 4.78 is 0. The van der Waals surface area contributed by atoms with Crippen LogP contribution in [0.15, 0.2) is 71.9 Å². The number of amides is 1. The molecule has 33 heavy (non-hydrogen) atoms. The molecule has 2 heterocycles. The zero-order valence-electron chi connectivity index (χ0n) is 18.4. The van der Waals surface area contributed by atoms with Gasteiger partial charge >= 0.3 is 0 Å². The molecular formula is C27H25NO4S. The highest BCUT2D eigenvalue weighted by Crippen LogP contribution is 2.45. The van der Waals surface area contributed by atoms with Gasteiger partial charge in [-0.05, 0) is 22.3 Å². The fourth-order valence-electron chi connectivity index (χ4n) is 4.26. The van der Waals surface area contributed by atoms with Gasteiger partial charge in [-0.15, -0.1) is 11.8 Å². The van der Waals surface area contributed by atoms with E-state index in [2.05, 4.69) is 0 Å². The number of carbonyl (C=O) groups excluding carboxylic acids is 4. The average molecular weight is 460 g/mol. The van der Waals surface area contributed by atoms with Gasteiger partial charge in [0.15, 0.2) is 5.78 Å². The van der Waals surface area contributed by atoms with E-state index in [0.29, 0.717) is 24.3 Å². The van der Waals surface area contributed by atoms with Gasteiger partial charge in [-0.2, -0.15) is 0 Å². The molecule has 4 rings (SSSR count). The van der Waals surface area contributed by atoms with Crippen molar-refractivity contribution in [2.75, 3.05) is 5.75 Å². The van der Waals surface area contributed by atoms with Crippen molar-refractivity contribution in [2.24, 2.45) is 5.92 Å². The Bertz CT molecular complexity index is 1130. The number of β-lactam (4-membered cyclic amide) rings is 1. The maximum absolute atomic E-state index is 12.9. The van der Waals surface area contributed by atoms with Crippen molar-refractivity contribution in [1.29, 1.82) is 0 Å². The lowest BCUT2D eigenvalue weighted by atomic mass is 9.88. The van der Waals surface area contributed by atoms with Crippen LogP contribution in [0.1, 0.15) is 30.0 Å². The maximum atomic E-state index is 12.9. The number of carbonyl (C=O) groups is 4. The first-order valence-corrected chi connectivity index (χ1v) is 12.0. The summed E-state index contributed by atoms with van der Waals surface area (Å²) >= 11 is 1.60. The van der Waals surface area contributed by atoms with Crippen LogP contribution in [-0.2, 0) is 32.0 Å². The van der Waals surface area contributed by atoms with Crippen LogP contribution in [-0.4, -0.2) is 39.8 Å². The van der Waals surface area contributed by atoms with Crippen LogP contribution in [0, 0.1) is 5.92 Å². The lowest BCUT2D eigenvalue weighted by molar-refractivity contribution is -0.150. The van der Waals surface area contributed by atoms with E-state index < -0.39 is 0 Å². The van der Waals surface area contributed by atoms with Gasteiger partial charge in [0.25, 0.3) is 0 Å². The van der Waals surface area contributed by atoms with Crippen LogP contribution < -0.4 is 0 Å². The predicted octanol–water partition coefficient (Wildman–Crippen LogP) is 4.02. The predicted molar refractivity (Wildman–Crippen MR) is 129 cm³/mol. The van der Waals surface area contributed by atoms with E-state index >= 15 is 0 Å². The van der Waals surface area contributed by atoms with Gasteiger partial charge in [-0.25, -0.2) is 0 Å². The number of aldehydes is 1. The zero-order valence-corrected chi connectivity index (χ0v) is 19.2. The van der Waals surface area contributed by atoms with Gasteiger partial charge in [-0.1, -0.05) is 66.7 Å². The number of rotatable bonds is 9. The molecule has 0 aliphatic carbocycles. The molecule has 2 aliphatic rings. The van der Waals surface area contributed by atoms with Gasteiger partial charge in [0.1, 0.15) is 12.1 Å². The second-order valence-corrected chi connectivity index (χ2v) is 9.40. The van der Waals surface area contributed by atoms with Crippen LogP contribution in [0.4, 0.5) is 0 Å². The SMILES string of the molecule is CC(=O)C1=C(C=Cc2ccc(CC=O)cc2)CS[C@@H]2[C@H](CC(=O)Cc3ccccc3)C(=O)N12. The van der Waals surface area contributed by atoms with Gasteiger partial charge in [0, 0.05) is 31.9 Å². The zero-order chi connectivity index (χ0) is 23.4. The van der Waals surface area contributed by atoms with E-state index in [1.807, 2.05) is 66.7 Å². The lowest BCUT2D eigenvalue weighted by Crippen LogP contribution is -2.61. The van der Waals surface area contributed by atoms with Crippen molar-refractivity contribution < 1.29 is 19.2 Å². The summed E-state index contributed by atoms with van der Waals surface area (Å²) in [7, 11) is 0. The summed E-state index contributed by atoms with van der Waals surface area (Å²) in [6.07, 6.45) is 5.57. The molecule has 0 spiro atoms. The van der Waals surface area contributed by atoms with Crippen LogP contribution in [0.25, 0.3) is 6.08 Å². The van der Waals surface area contributed by atoms with Gasteiger partial charge in [0.05, 0.1) is 17.0 Å². The molecular weight excluding hydrogens is 434 g/mol. The third kappa shape index (κ3) is 5.06. The van der Waals surface area contributed by atoms with E-state index in [9.17, 15) is 19.2 Å². The first-order chi connectivity index (χ1) is 16.0. The Morgan fingerprint density at radius 1 is 1.03 bits per heavy atom. The summed E-state index contributed by atoms with van der Waals surface area (Å²) in [5.41, 5.74) is 4.08. The van der Waals surface area contributed by atoms with Gasteiger partial charge < -0.3 is 4.79 Å². The third-order valence-corrected chi connectivity index (χ3v) is 7.27. The number of hydrogen-bond donors (Lipinski definition) is 0. The minimum atomic E-state index is -0.378. The quantitative estimate of drug-likeness (QED) is 0.418. The molecule has 0 bridgehead atoms. The number of hydrogen-bond acceptors (Lipinski definition) is 5. The molecule has 2 aliphatic heterocycles. The molecule has 1 saturated heterocycles. The molecule has 2 aromatic rings. The van der Waals surface area contributed by atoms with E-state index in [4.69, 9.17) is 0 Å². The Morgan fingerprint density at radius 3 is 2.42 bits per heavy atom. The number of allylic oxidation sites excluding steroid dienone is 2. The monoisotopic (exact) mass is 459 g/mol. The summed E-state index contributed by atoms with van der Waals surface area (Å²) in [5.74, 6) is -0.0353. The van der Waals surface area contributed by atoms with E-state index in [1.54, 1.807) is 16.7 Å². The van der Waals surface area contributed by atoms with Gasteiger partial charge in [-0.3, -0.25) is 19.3 Å². The summed E-state index contributed by atoms with van der Waals surface area (Å²) in [4.78, 5) is 50.2. The highest BCUT2D eigenvalue weighted by molar-refractivity contribution is 8.00. The largest absolute Gasteiger partial charge is 0.303 e. The maximum Gasteiger partial charge on any atom is 0.234 e. The summed E-state index contributed by atoms with van der Waals surface area (Å²) in [6.45, 7) is 1.48.